The quantitative estimate of drug-likeness (QED) is 0.462. The number of anilines is 1. The fraction of sp³-hybridized carbons (Fsp3) is 0.227. The average molecular weight is 480 g/mol. The second-order valence-corrected chi connectivity index (χ2v) is 8.11. The number of nitrogens with zero attached hydrogens (tertiary/aromatic N) is 1. The van der Waals surface area contributed by atoms with Crippen molar-refractivity contribution in [3.05, 3.63) is 58.3 Å². The van der Waals surface area contributed by atoms with Gasteiger partial charge in [0, 0.05) is 0 Å². The molecule has 1 fully saturated rings. The Kier molecular flexibility index (Phi) is 7.32. The number of benzene rings is 2. The lowest BCUT2D eigenvalue weighted by molar-refractivity contribution is -0.127. The van der Waals surface area contributed by atoms with E-state index in [0.29, 0.717) is 39.8 Å². The van der Waals surface area contributed by atoms with Gasteiger partial charge in [-0.25, -0.2) is 13.2 Å². The standard InChI is InChI=1S/C22H19F3N2O5S/c1-11(2)32-15-7-4-12(8-16(15)31-3)9-17-21(29)27(22(30)33-17)10-18(28)26-14-6-5-13(23)19(24)20(14)25/h4-9,11H,10H2,1-3H3,(H,26,28)/b17-9-. The number of hydrogen-bond donors (Lipinski definition) is 1. The van der Waals surface area contributed by atoms with Gasteiger partial charge >= 0.3 is 0 Å². The van der Waals surface area contributed by atoms with Crippen molar-refractivity contribution in [3.63, 3.8) is 0 Å². The van der Waals surface area contributed by atoms with Crippen LogP contribution in [0.1, 0.15) is 19.4 Å². The first-order valence-electron chi connectivity index (χ1n) is 9.64. The topological polar surface area (TPSA) is 84.9 Å². The van der Waals surface area contributed by atoms with Crippen molar-refractivity contribution in [2.45, 2.75) is 20.0 Å². The minimum Gasteiger partial charge on any atom is -0.493 e. The van der Waals surface area contributed by atoms with E-state index in [1.54, 1.807) is 18.2 Å². The van der Waals surface area contributed by atoms with Gasteiger partial charge in [0.1, 0.15) is 6.54 Å². The van der Waals surface area contributed by atoms with Crippen molar-refractivity contribution in [3.8, 4) is 11.5 Å². The van der Waals surface area contributed by atoms with E-state index in [0.717, 1.165) is 6.07 Å². The molecule has 7 nitrogen and oxygen atoms in total. The van der Waals surface area contributed by atoms with E-state index in [1.807, 2.05) is 19.2 Å². The van der Waals surface area contributed by atoms with Crippen LogP contribution in [0.2, 0.25) is 0 Å². The van der Waals surface area contributed by atoms with Crippen molar-refractivity contribution in [1.82, 2.24) is 4.90 Å². The van der Waals surface area contributed by atoms with E-state index in [1.165, 1.54) is 13.2 Å². The van der Waals surface area contributed by atoms with Gasteiger partial charge in [-0.2, -0.15) is 0 Å². The number of thioether (sulfide) groups is 1. The fourth-order valence-corrected chi connectivity index (χ4v) is 3.71. The molecule has 0 spiro atoms. The maximum absolute atomic E-state index is 13.7. The Morgan fingerprint density at radius 1 is 1.12 bits per heavy atom. The van der Waals surface area contributed by atoms with Gasteiger partial charge in [0.05, 0.1) is 23.8 Å². The van der Waals surface area contributed by atoms with Crippen LogP contribution in [0, 0.1) is 17.5 Å². The lowest BCUT2D eigenvalue weighted by Gasteiger charge is -2.14. The Bertz CT molecular complexity index is 1150. The number of nitrogens with one attached hydrogen (secondary N) is 1. The summed E-state index contributed by atoms with van der Waals surface area (Å²) in [5, 5.41) is 1.31. The van der Waals surface area contributed by atoms with E-state index in [4.69, 9.17) is 9.47 Å². The van der Waals surface area contributed by atoms with Gasteiger partial charge in [-0.1, -0.05) is 6.07 Å². The van der Waals surface area contributed by atoms with E-state index >= 15 is 0 Å². The summed E-state index contributed by atoms with van der Waals surface area (Å²) in [4.78, 5) is 37.8. The molecule has 2 aromatic carbocycles. The van der Waals surface area contributed by atoms with E-state index in [9.17, 15) is 27.6 Å². The van der Waals surface area contributed by atoms with E-state index < -0.39 is 46.7 Å². The van der Waals surface area contributed by atoms with Gasteiger partial charge in [0.25, 0.3) is 11.1 Å². The monoisotopic (exact) mass is 480 g/mol. The highest BCUT2D eigenvalue weighted by atomic mass is 32.2. The van der Waals surface area contributed by atoms with E-state index in [2.05, 4.69) is 0 Å². The highest BCUT2D eigenvalue weighted by molar-refractivity contribution is 8.18. The molecular weight excluding hydrogens is 461 g/mol. The molecule has 3 rings (SSSR count). The zero-order chi connectivity index (χ0) is 24.3. The lowest BCUT2D eigenvalue weighted by atomic mass is 10.2. The number of carbonyl (C=O) groups excluding carboxylic acids is 3. The number of ether oxygens (including phenoxy) is 2. The van der Waals surface area contributed by atoms with Crippen molar-refractivity contribution in [2.24, 2.45) is 0 Å². The summed E-state index contributed by atoms with van der Waals surface area (Å²) in [6.07, 6.45) is 1.38. The highest BCUT2D eigenvalue weighted by Gasteiger charge is 2.36. The second kappa shape index (κ2) is 9.99. The second-order valence-electron chi connectivity index (χ2n) is 7.12. The normalized spacial score (nSPS) is 14.9. The van der Waals surface area contributed by atoms with Crippen LogP contribution in [0.4, 0.5) is 23.7 Å². The van der Waals surface area contributed by atoms with Crippen LogP contribution in [0.15, 0.2) is 35.2 Å². The van der Waals surface area contributed by atoms with Gasteiger partial charge in [0.2, 0.25) is 5.91 Å². The summed E-state index contributed by atoms with van der Waals surface area (Å²) < 4.78 is 51.0. The summed E-state index contributed by atoms with van der Waals surface area (Å²) in [6.45, 7) is 2.99. The minimum atomic E-state index is -1.75. The first kappa shape index (κ1) is 24.2. The van der Waals surface area contributed by atoms with Crippen molar-refractivity contribution >= 4 is 40.6 Å². The fourth-order valence-electron chi connectivity index (χ4n) is 2.87. The molecule has 1 aliphatic rings. The summed E-state index contributed by atoms with van der Waals surface area (Å²) in [5.74, 6) is -5.49. The molecule has 1 aliphatic heterocycles. The van der Waals surface area contributed by atoms with Crippen LogP contribution in [0.25, 0.3) is 6.08 Å². The molecule has 1 heterocycles. The van der Waals surface area contributed by atoms with Gasteiger partial charge in [0.15, 0.2) is 29.0 Å². The van der Waals surface area contributed by atoms with Gasteiger partial charge in [-0.15, -0.1) is 0 Å². The molecule has 0 radical (unpaired) electrons. The molecule has 1 N–H and O–H groups in total. The maximum Gasteiger partial charge on any atom is 0.294 e. The Hall–Kier alpha value is -3.47. The number of hydrogen-bond acceptors (Lipinski definition) is 6. The first-order valence-corrected chi connectivity index (χ1v) is 10.5. The number of imide groups is 1. The number of carbonyl (C=O) groups is 3. The van der Waals surface area contributed by atoms with Crippen LogP contribution in [0.3, 0.4) is 0 Å². The Morgan fingerprint density at radius 2 is 1.85 bits per heavy atom. The molecule has 0 aliphatic carbocycles. The lowest BCUT2D eigenvalue weighted by Crippen LogP contribution is -2.36. The van der Waals surface area contributed by atoms with Crippen molar-refractivity contribution in [1.29, 1.82) is 0 Å². The molecule has 3 amide bonds. The Balaban J connectivity index is 1.73. The maximum atomic E-state index is 13.7. The SMILES string of the molecule is COc1cc(/C=C2\SC(=O)N(CC(=O)Nc3ccc(F)c(F)c3F)C2=O)ccc1OC(C)C. The zero-order valence-electron chi connectivity index (χ0n) is 17.8. The predicted octanol–water partition coefficient (Wildman–Crippen LogP) is 4.57. The Morgan fingerprint density at radius 3 is 2.52 bits per heavy atom. The van der Waals surface area contributed by atoms with Crippen molar-refractivity contribution < 1.29 is 37.0 Å². The van der Waals surface area contributed by atoms with Crippen LogP contribution in [0.5, 0.6) is 11.5 Å². The molecule has 0 unspecified atom stereocenters. The van der Waals surface area contributed by atoms with Crippen LogP contribution >= 0.6 is 11.8 Å². The number of halogens is 3. The molecule has 0 bridgehead atoms. The molecule has 33 heavy (non-hydrogen) atoms. The molecular formula is C22H19F3N2O5S. The predicted molar refractivity (Wildman–Crippen MR) is 116 cm³/mol. The molecule has 1 saturated heterocycles. The summed E-state index contributed by atoms with van der Waals surface area (Å²) in [7, 11) is 1.47. The molecule has 0 aromatic heterocycles. The number of amides is 3. The smallest absolute Gasteiger partial charge is 0.294 e. The molecule has 2 aromatic rings. The Labute approximate surface area is 191 Å². The van der Waals surface area contributed by atoms with Crippen LogP contribution < -0.4 is 14.8 Å². The summed E-state index contributed by atoms with van der Waals surface area (Å²) in [6, 6.07) is 6.44. The van der Waals surface area contributed by atoms with Gasteiger partial charge in [-0.05, 0) is 61.5 Å². The molecule has 0 saturated carbocycles. The largest absolute Gasteiger partial charge is 0.493 e. The average Bonchev–Trinajstić information content (AvgIpc) is 3.02. The highest BCUT2D eigenvalue weighted by Crippen LogP contribution is 2.35. The van der Waals surface area contributed by atoms with Gasteiger partial charge < -0.3 is 14.8 Å². The first-order chi connectivity index (χ1) is 15.6. The van der Waals surface area contributed by atoms with Crippen LogP contribution in [-0.2, 0) is 9.59 Å². The number of rotatable bonds is 7. The summed E-state index contributed by atoms with van der Waals surface area (Å²) >= 11 is 0.624. The number of methoxy groups -OCH3 is 1. The van der Waals surface area contributed by atoms with E-state index in [-0.39, 0.29) is 11.0 Å². The molecule has 11 heteroatoms. The minimum absolute atomic E-state index is 0.0615. The summed E-state index contributed by atoms with van der Waals surface area (Å²) in [5.41, 5.74) is -0.0565. The third-order valence-electron chi connectivity index (χ3n) is 4.33. The van der Waals surface area contributed by atoms with Crippen LogP contribution in [-0.4, -0.2) is 41.7 Å². The third kappa shape index (κ3) is 5.48. The zero-order valence-corrected chi connectivity index (χ0v) is 18.6. The van der Waals surface area contributed by atoms with Gasteiger partial charge in [-0.3, -0.25) is 19.3 Å². The third-order valence-corrected chi connectivity index (χ3v) is 5.24. The molecule has 0 atom stereocenters. The van der Waals surface area contributed by atoms with Crippen molar-refractivity contribution in [2.75, 3.05) is 19.0 Å². The molecule has 174 valence electrons.